The molecule has 0 rings (SSSR count). The molecule has 0 heterocycles. The number of carbonyl (C=O) groups is 2. The lowest BCUT2D eigenvalue weighted by Gasteiger charge is -2.27. The topological polar surface area (TPSA) is 103 Å². The summed E-state index contributed by atoms with van der Waals surface area (Å²) in [6.07, 6.45) is -0.631. The van der Waals surface area contributed by atoms with Gasteiger partial charge in [0.25, 0.3) is 0 Å². The number of hydrogen-bond acceptors (Lipinski definition) is 5. The van der Waals surface area contributed by atoms with Crippen molar-refractivity contribution in [1.82, 2.24) is 5.32 Å². The van der Waals surface area contributed by atoms with E-state index in [9.17, 15) is 9.59 Å². The second-order valence-corrected chi connectivity index (χ2v) is 5.31. The molecule has 0 aliphatic heterocycles. The van der Waals surface area contributed by atoms with E-state index in [0.29, 0.717) is 0 Å². The Morgan fingerprint density at radius 1 is 1.17 bits per heavy atom. The molecular weight excluding hydrogens is 238 g/mol. The van der Waals surface area contributed by atoms with Gasteiger partial charge in [0.1, 0.15) is 5.60 Å². The van der Waals surface area contributed by atoms with Gasteiger partial charge in [-0.25, -0.2) is 9.59 Å². The fraction of sp³-hybridized carbons (Fsp3) is 0.727. The summed E-state index contributed by atoms with van der Waals surface area (Å²) in [7, 11) is 0. The highest BCUT2D eigenvalue weighted by molar-refractivity contribution is 5.92. The fourth-order valence-corrected chi connectivity index (χ4v) is 0.850. The molecule has 0 aromatic rings. The number of nitrogens with two attached hydrogens (primary N) is 1. The van der Waals surface area contributed by atoms with Gasteiger partial charge in [-0.2, -0.15) is 0 Å². The molecule has 7 nitrogen and oxygen atoms in total. The van der Waals surface area contributed by atoms with Gasteiger partial charge in [-0.15, -0.1) is 0 Å². The standard InChI is InChI=1S/C11H21N3O4/c1-7(15)18-14-8(12)11(5,6)13-9(16)17-10(2,3)4/h1-6H3,(H2,12,14)(H,13,16). The largest absolute Gasteiger partial charge is 0.444 e. The van der Waals surface area contributed by atoms with E-state index in [0.717, 1.165) is 0 Å². The molecule has 7 heteroatoms. The van der Waals surface area contributed by atoms with Gasteiger partial charge in [-0.1, -0.05) is 5.16 Å². The van der Waals surface area contributed by atoms with Gasteiger partial charge in [0, 0.05) is 6.92 Å². The Hall–Kier alpha value is -1.79. The Bertz CT molecular complexity index is 356. The molecular formula is C11H21N3O4. The summed E-state index contributed by atoms with van der Waals surface area (Å²) in [5.41, 5.74) is 4.02. The summed E-state index contributed by atoms with van der Waals surface area (Å²) in [5.74, 6) is -0.630. The molecule has 0 aliphatic rings. The first-order valence-electron chi connectivity index (χ1n) is 5.47. The van der Waals surface area contributed by atoms with Crippen LogP contribution in [0.15, 0.2) is 5.16 Å². The van der Waals surface area contributed by atoms with Gasteiger partial charge < -0.3 is 20.6 Å². The Balaban J connectivity index is 4.60. The van der Waals surface area contributed by atoms with E-state index in [1.807, 2.05) is 0 Å². The molecule has 3 N–H and O–H groups in total. The molecule has 18 heavy (non-hydrogen) atoms. The van der Waals surface area contributed by atoms with Crippen LogP contribution >= 0.6 is 0 Å². The van der Waals surface area contributed by atoms with Crippen molar-refractivity contribution < 1.29 is 19.2 Å². The number of rotatable bonds is 3. The molecule has 0 spiro atoms. The van der Waals surface area contributed by atoms with E-state index in [1.54, 1.807) is 34.6 Å². The summed E-state index contributed by atoms with van der Waals surface area (Å²) < 4.78 is 5.08. The van der Waals surface area contributed by atoms with Crippen molar-refractivity contribution in [2.75, 3.05) is 0 Å². The van der Waals surface area contributed by atoms with Crippen molar-refractivity contribution in [1.29, 1.82) is 0 Å². The van der Waals surface area contributed by atoms with E-state index in [-0.39, 0.29) is 5.84 Å². The van der Waals surface area contributed by atoms with Gasteiger partial charge in [0.2, 0.25) is 0 Å². The predicted octanol–water partition coefficient (Wildman–Crippen LogP) is 1.12. The maximum atomic E-state index is 11.6. The zero-order valence-corrected chi connectivity index (χ0v) is 11.7. The monoisotopic (exact) mass is 259 g/mol. The summed E-state index contributed by atoms with van der Waals surface area (Å²) in [6.45, 7) is 9.66. The van der Waals surface area contributed by atoms with Gasteiger partial charge in [-0.05, 0) is 34.6 Å². The van der Waals surface area contributed by atoms with Crippen LogP contribution in [0.3, 0.4) is 0 Å². The van der Waals surface area contributed by atoms with Gasteiger partial charge >= 0.3 is 12.1 Å². The number of amides is 1. The van der Waals surface area contributed by atoms with Crippen molar-refractivity contribution in [3.63, 3.8) is 0 Å². The Kier molecular flexibility index (Phi) is 5.13. The van der Waals surface area contributed by atoms with Gasteiger partial charge in [-0.3, -0.25) is 0 Å². The van der Waals surface area contributed by atoms with Crippen LogP contribution in [-0.4, -0.2) is 29.0 Å². The van der Waals surface area contributed by atoms with Crippen molar-refractivity contribution in [3.8, 4) is 0 Å². The Morgan fingerprint density at radius 3 is 2.06 bits per heavy atom. The van der Waals surface area contributed by atoms with Gasteiger partial charge in [0.15, 0.2) is 5.84 Å². The average molecular weight is 259 g/mol. The lowest BCUT2D eigenvalue weighted by molar-refractivity contribution is -0.141. The maximum absolute atomic E-state index is 11.6. The highest BCUT2D eigenvalue weighted by Gasteiger charge is 2.28. The fourth-order valence-electron chi connectivity index (χ4n) is 0.850. The number of nitrogens with one attached hydrogen (secondary N) is 1. The molecule has 0 unspecified atom stereocenters. The first kappa shape index (κ1) is 16.2. The molecule has 0 atom stereocenters. The minimum atomic E-state index is -0.988. The third-order valence-electron chi connectivity index (χ3n) is 1.73. The SMILES string of the molecule is CC(=O)ON=C(N)C(C)(C)NC(=O)OC(C)(C)C. The number of amidine groups is 1. The molecule has 0 bridgehead atoms. The third-order valence-corrected chi connectivity index (χ3v) is 1.73. The van der Waals surface area contributed by atoms with Crippen molar-refractivity contribution in [2.45, 2.75) is 52.7 Å². The Morgan fingerprint density at radius 2 is 1.67 bits per heavy atom. The van der Waals surface area contributed by atoms with Crippen molar-refractivity contribution in [3.05, 3.63) is 0 Å². The molecule has 0 aromatic heterocycles. The van der Waals surface area contributed by atoms with Crippen LogP contribution in [0.1, 0.15) is 41.5 Å². The number of nitrogens with zero attached hydrogens (tertiary/aromatic N) is 1. The Labute approximate surface area is 107 Å². The van der Waals surface area contributed by atoms with E-state index in [1.165, 1.54) is 6.92 Å². The van der Waals surface area contributed by atoms with Crippen LogP contribution in [0.2, 0.25) is 0 Å². The van der Waals surface area contributed by atoms with Gasteiger partial charge in [0.05, 0.1) is 5.54 Å². The number of alkyl carbamates (subject to hydrolysis) is 1. The van der Waals surface area contributed by atoms with E-state index >= 15 is 0 Å². The van der Waals surface area contributed by atoms with Crippen molar-refractivity contribution in [2.24, 2.45) is 10.9 Å². The quantitative estimate of drug-likeness (QED) is 0.342. The van der Waals surface area contributed by atoms with E-state index in [2.05, 4.69) is 15.3 Å². The first-order chi connectivity index (χ1) is 7.94. The lowest BCUT2D eigenvalue weighted by atomic mass is 10.1. The van der Waals surface area contributed by atoms with Crippen LogP contribution in [0.5, 0.6) is 0 Å². The number of carbonyl (C=O) groups excluding carboxylic acids is 2. The van der Waals surface area contributed by atoms with Crippen LogP contribution in [0.25, 0.3) is 0 Å². The number of hydrogen-bond donors (Lipinski definition) is 2. The lowest BCUT2D eigenvalue weighted by Crippen LogP contribution is -2.54. The van der Waals surface area contributed by atoms with E-state index in [4.69, 9.17) is 10.5 Å². The van der Waals surface area contributed by atoms with Crippen LogP contribution in [0.4, 0.5) is 4.79 Å². The van der Waals surface area contributed by atoms with Crippen molar-refractivity contribution >= 4 is 17.9 Å². The average Bonchev–Trinajstić information content (AvgIpc) is 2.09. The summed E-state index contributed by atoms with van der Waals surface area (Å²) in [6, 6.07) is 0. The van der Waals surface area contributed by atoms with Crippen LogP contribution in [0, 0.1) is 0 Å². The number of ether oxygens (including phenoxy) is 1. The summed E-state index contributed by atoms with van der Waals surface area (Å²) in [5, 5.41) is 5.95. The molecule has 0 saturated heterocycles. The molecule has 104 valence electrons. The smallest absolute Gasteiger partial charge is 0.408 e. The molecule has 1 amide bonds. The zero-order valence-electron chi connectivity index (χ0n) is 11.7. The predicted molar refractivity (Wildman–Crippen MR) is 66.8 cm³/mol. The number of oxime groups is 1. The molecule has 0 saturated carbocycles. The second kappa shape index (κ2) is 5.70. The highest BCUT2D eigenvalue weighted by Crippen LogP contribution is 2.09. The third kappa shape index (κ3) is 6.72. The van der Waals surface area contributed by atoms with Crippen LogP contribution < -0.4 is 11.1 Å². The molecule has 0 radical (unpaired) electrons. The second-order valence-electron chi connectivity index (χ2n) is 5.31. The normalized spacial score (nSPS) is 12.9. The maximum Gasteiger partial charge on any atom is 0.408 e. The first-order valence-corrected chi connectivity index (χ1v) is 5.47. The molecule has 0 aromatic carbocycles. The summed E-state index contributed by atoms with van der Waals surface area (Å²) in [4.78, 5) is 26.6. The minimum Gasteiger partial charge on any atom is -0.444 e. The zero-order chi connectivity index (χ0) is 14.6. The highest BCUT2D eigenvalue weighted by atomic mass is 16.7. The summed E-state index contributed by atoms with van der Waals surface area (Å²) >= 11 is 0. The van der Waals surface area contributed by atoms with Crippen LogP contribution in [-0.2, 0) is 14.4 Å². The molecule has 0 aliphatic carbocycles. The minimum absolute atomic E-state index is 0.0384. The van der Waals surface area contributed by atoms with E-state index < -0.39 is 23.2 Å². The molecule has 0 fully saturated rings.